The lowest BCUT2D eigenvalue weighted by atomic mass is 10.0. The molecule has 2 aliphatic rings. The smallest absolute Gasteiger partial charge is 0.258 e. The molecule has 5 heteroatoms. The van der Waals surface area contributed by atoms with E-state index in [-0.39, 0.29) is 0 Å². The number of piperidine rings is 1. The van der Waals surface area contributed by atoms with E-state index in [9.17, 15) is 0 Å². The standard InChI is InChI=1S/C14H16N4O/c15-10-5-3-6-11-12(10)17-13-14(16-11)19-8-9-4-1-2-7-18(9)13/h3,5-6,9H,1-2,4,7-8,15H2. The molecule has 1 aromatic heterocycles. The first kappa shape index (κ1) is 10.8. The predicted octanol–water partition coefficient (Wildman–Crippen LogP) is 1.96. The van der Waals surface area contributed by atoms with Gasteiger partial charge in [-0.1, -0.05) is 6.07 Å². The first-order chi connectivity index (χ1) is 9.33. The summed E-state index contributed by atoms with van der Waals surface area (Å²) in [7, 11) is 0. The first-order valence-corrected chi connectivity index (χ1v) is 6.78. The zero-order chi connectivity index (χ0) is 12.8. The molecule has 19 heavy (non-hydrogen) atoms. The average molecular weight is 256 g/mol. The average Bonchev–Trinajstić information content (AvgIpc) is 2.46. The van der Waals surface area contributed by atoms with Gasteiger partial charge in [0.2, 0.25) is 0 Å². The van der Waals surface area contributed by atoms with Crippen molar-refractivity contribution in [3.05, 3.63) is 18.2 Å². The van der Waals surface area contributed by atoms with Crippen molar-refractivity contribution < 1.29 is 4.74 Å². The van der Waals surface area contributed by atoms with Gasteiger partial charge in [-0.25, -0.2) is 9.97 Å². The zero-order valence-corrected chi connectivity index (χ0v) is 10.7. The zero-order valence-electron chi connectivity index (χ0n) is 10.7. The highest BCUT2D eigenvalue weighted by molar-refractivity contribution is 5.88. The van der Waals surface area contributed by atoms with Gasteiger partial charge < -0.3 is 15.4 Å². The van der Waals surface area contributed by atoms with Crippen molar-refractivity contribution in [3.8, 4) is 5.88 Å². The molecular formula is C14H16N4O. The van der Waals surface area contributed by atoms with Crippen molar-refractivity contribution in [1.82, 2.24) is 9.97 Å². The van der Waals surface area contributed by atoms with E-state index in [1.807, 2.05) is 18.2 Å². The van der Waals surface area contributed by atoms with Crippen LogP contribution in [0.25, 0.3) is 11.0 Å². The van der Waals surface area contributed by atoms with Gasteiger partial charge in [-0.2, -0.15) is 0 Å². The van der Waals surface area contributed by atoms with E-state index in [0.717, 1.165) is 30.0 Å². The fourth-order valence-corrected chi connectivity index (χ4v) is 2.99. The molecule has 1 aromatic carbocycles. The van der Waals surface area contributed by atoms with E-state index in [1.54, 1.807) is 0 Å². The molecule has 2 N–H and O–H groups in total. The Balaban J connectivity index is 1.90. The van der Waals surface area contributed by atoms with Crippen LogP contribution >= 0.6 is 0 Å². The fourth-order valence-electron chi connectivity index (χ4n) is 2.99. The lowest BCUT2D eigenvalue weighted by molar-refractivity contribution is 0.230. The Labute approximate surface area is 111 Å². The topological polar surface area (TPSA) is 64.3 Å². The van der Waals surface area contributed by atoms with Gasteiger partial charge in [-0.3, -0.25) is 0 Å². The van der Waals surface area contributed by atoms with Crippen molar-refractivity contribution in [3.63, 3.8) is 0 Å². The quantitative estimate of drug-likeness (QED) is 0.730. The molecule has 5 nitrogen and oxygen atoms in total. The van der Waals surface area contributed by atoms with E-state index in [2.05, 4.69) is 9.88 Å². The highest BCUT2D eigenvalue weighted by Gasteiger charge is 2.32. The van der Waals surface area contributed by atoms with Gasteiger partial charge in [0.1, 0.15) is 12.1 Å². The van der Waals surface area contributed by atoms with E-state index < -0.39 is 0 Å². The van der Waals surface area contributed by atoms with Crippen molar-refractivity contribution in [2.24, 2.45) is 0 Å². The molecule has 98 valence electrons. The van der Waals surface area contributed by atoms with Crippen LogP contribution in [0, 0.1) is 0 Å². The molecule has 0 bridgehead atoms. The van der Waals surface area contributed by atoms with Crippen molar-refractivity contribution in [1.29, 1.82) is 0 Å². The number of hydrogen-bond donors (Lipinski definition) is 1. The van der Waals surface area contributed by atoms with Crippen LogP contribution in [0.5, 0.6) is 5.88 Å². The van der Waals surface area contributed by atoms with Gasteiger partial charge in [-0.05, 0) is 31.4 Å². The Morgan fingerprint density at radius 1 is 1.26 bits per heavy atom. The summed E-state index contributed by atoms with van der Waals surface area (Å²) in [6, 6.07) is 6.12. The molecule has 1 saturated heterocycles. The van der Waals surface area contributed by atoms with Crippen LogP contribution in [0.15, 0.2) is 18.2 Å². The number of rotatable bonds is 0. The summed E-state index contributed by atoms with van der Waals surface area (Å²) in [6.07, 6.45) is 3.65. The summed E-state index contributed by atoms with van der Waals surface area (Å²) in [5.41, 5.74) is 8.24. The number of aromatic nitrogens is 2. The molecule has 2 aliphatic heterocycles. The maximum atomic E-state index is 6.00. The molecule has 3 heterocycles. The molecular weight excluding hydrogens is 240 g/mol. The number of para-hydroxylation sites is 1. The van der Waals surface area contributed by atoms with Gasteiger partial charge in [0.15, 0.2) is 5.82 Å². The maximum Gasteiger partial charge on any atom is 0.258 e. The highest BCUT2D eigenvalue weighted by Crippen LogP contribution is 2.36. The Bertz CT molecular complexity index is 643. The van der Waals surface area contributed by atoms with Crippen LogP contribution in [-0.4, -0.2) is 29.2 Å². The molecule has 0 spiro atoms. The Hall–Kier alpha value is -2.04. The Kier molecular flexibility index (Phi) is 2.27. The SMILES string of the molecule is Nc1cccc2nc3c(nc12)N1CCCCC1CO3. The maximum absolute atomic E-state index is 6.00. The summed E-state index contributed by atoms with van der Waals surface area (Å²) in [5.74, 6) is 1.51. The minimum Gasteiger partial charge on any atom is -0.473 e. The van der Waals surface area contributed by atoms with E-state index in [4.69, 9.17) is 15.5 Å². The van der Waals surface area contributed by atoms with Crippen LogP contribution in [0.3, 0.4) is 0 Å². The second-order valence-electron chi connectivity index (χ2n) is 5.22. The van der Waals surface area contributed by atoms with Crippen molar-refractivity contribution in [2.75, 3.05) is 23.8 Å². The van der Waals surface area contributed by atoms with Crippen LogP contribution in [-0.2, 0) is 0 Å². The predicted molar refractivity (Wildman–Crippen MR) is 74.4 cm³/mol. The molecule has 1 fully saturated rings. The number of hydrogen-bond acceptors (Lipinski definition) is 5. The summed E-state index contributed by atoms with van der Waals surface area (Å²) in [6.45, 7) is 1.75. The fraction of sp³-hybridized carbons (Fsp3) is 0.429. The van der Waals surface area contributed by atoms with E-state index >= 15 is 0 Å². The molecule has 1 atom stereocenters. The van der Waals surface area contributed by atoms with Gasteiger partial charge in [0.25, 0.3) is 5.88 Å². The number of nitrogens with zero attached hydrogens (tertiary/aromatic N) is 3. The third-order valence-electron chi connectivity index (χ3n) is 3.99. The lowest BCUT2D eigenvalue weighted by Gasteiger charge is -2.40. The Morgan fingerprint density at radius 2 is 2.21 bits per heavy atom. The third-order valence-corrected chi connectivity index (χ3v) is 3.99. The van der Waals surface area contributed by atoms with Gasteiger partial charge in [-0.15, -0.1) is 0 Å². The highest BCUT2D eigenvalue weighted by atomic mass is 16.5. The van der Waals surface area contributed by atoms with Crippen LogP contribution in [0.4, 0.5) is 11.5 Å². The summed E-state index contributed by atoms with van der Waals surface area (Å²) >= 11 is 0. The van der Waals surface area contributed by atoms with Gasteiger partial charge in [0.05, 0.1) is 17.2 Å². The summed E-state index contributed by atoms with van der Waals surface area (Å²) in [5, 5.41) is 0. The largest absolute Gasteiger partial charge is 0.473 e. The molecule has 4 rings (SSSR count). The van der Waals surface area contributed by atoms with Gasteiger partial charge in [0, 0.05) is 6.54 Å². The van der Waals surface area contributed by atoms with Crippen molar-refractivity contribution >= 4 is 22.5 Å². The number of fused-ring (bicyclic) bond motifs is 4. The minimum absolute atomic E-state index is 0.443. The number of benzene rings is 1. The third kappa shape index (κ3) is 1.61. The lowest BCUT2D eigenvalue weighted by Crippen LogP contribution is -2.46. The van der Waals surface area contributed by atoms with Crippen molar-refractivity contribution in [2.45, 2.75) is 25.3 Å². The van der Waals surface area contributed by atoms with Gasteiger partial charge >= 0.3 is 0 Å². The van der Waals surface area contributed by atoms with E-state index in [1.165, 1.54) is 19.3 Å². The molecule has 1 unspecified atom stereocenters. The first-order valence-electron chi connectivity index (χ1n) is 6.78. The molecule has 0 aliphatic carbocycles. The van der Waals surface area contributed by atoms with Crippen LogP contribution in [0.2, 0.25) is 0 Å². The summed E-state index contributed by atoms with van der Waals surface area (Å²) in [4.78, 5) is 11.6. The number of nitrogen functional groups attached to an aromatic ring is 1. The number of anilines is 2. The van der Waals surface area contributed by atoms with Crippen LogP contribution in [0.1, 0.15) is 19.3 Å². The monoisotopic (exact) mass is 256 g/mol. The molecule has 2 aromatic rings. The normalized spacial score (nSPS) is 21.7. The second-order valence-corrected chi connectivity index (χ2v) is 5.22. The molecule has 0 saturated carbocycles. The summed E-state index contributed by atoms with van der Waals surface area (Å²) < 4.78 is 5.78. The van der Waals surface area contributed by atoms with Crippen LogP contribution < -0.4 is 15.4 Å². The number of nitrogens with two attached hydrogens (primary N) is 1. The Morgan fingerprint density at radius 3 is 3.16 bits per heavy atom. The number of ether oxygens (including phenoxy) is 1. The molecule has 0 radical (unpaired) electrons. The minimum atomic E-state index is 0.443. The molecule has 0 amide bonds. The second kappa shape index (κ2) is 3.98. The van der Waals surface area contributed by atoms with E-state index in [0.29, 0.717) is 17.6 Å².